The SMILES string of the molecule is CCCCCCNC(=O)OCCCC(C)C. The van der Waals surface area contributed by atoms with Crippen LogP contribution >= 0.6 is 0 Å². The number of carbonyl (C=O) groups is 1. The smallest absolute Gasteiger partial charge is 0.407 e. The van der Waals surface area contributed by atoms with Crippen molar-refractivity contribution in [3.63, 3.8) is 0 Å². The summed E-state index contributed by atoms with van der Waals surface area (Å²) in [7, 11) is 0. The maximum atomic E-state index is 11.2. The molecule has 0 spiro atoms. The monoisotopic (exact) mass is 229 g/mol. The Morgan fingerprint density at radius 3 is 2.56 bits per heavy atom. The van der Waals surface area contributed by atoms with Gasteiger partial charge in [0.25, 0.3) is 0 Å². The van der Waals surface area contributed by atoms with Gasteiger partial charge in [0.05, 0.1) is 6.61 Å². The second-order valence-corrected chi connectivity index (χ2v) is 4.66. The molecule has 0 saturated heterocycles. The lowest BCUT2D eigenvalue weighted by molar-refractivity contribution is 0.142. The highest BCUT2D eigenvalue weighted by atomic mass is 16.5. The summed E-state index contributed by atoms with van der Waals surface area (Å²) in [5.41, 5.74) is 0. The zero-order chi connectivity index (χ0) is 12.2. The molecule has 0 unspecified atom stereocenters. The highest BCUT2D eigenvalue weighted by Crippen LogP contribution is 2.03. The summed E-state index contributed by atoms with van der Waals surface area (Å²) >= 11 is 0. The van der Waals surface area contributed by atoms with Crippen LogP contribution in [0.15, 0.2) is 0 Å². The number of amides is 1. The van der Waals surface area contributed by atoms with E-state index in [0.29, 0.717) is 12.5 Å². The first-order chi connectivity index (χ1) is 7.66. The molecule has 0 aromatic rings. The summed E-state index contributed by atoms with van der Waals surface area (Å²) in [6.45, 7) is 7.81. The lowest BCUT2D eigenvalue weighted by atomic mass is 10.1. The summed E-state index contributed by atoms with van der Waals surface area (Å²) in [5.74, 6) is 0.681. The Labute approximate surface area is 99.9 Å². The second kappa shape index (κ2) is 10.8. The van der Waals surface area contributed by atoms with E-state index in [1.54, 1.807) is 0 Å². The lowest BCUT2D eigenvalue weighted by Gasteiger charge is -2.07. The molecular formula is C13H27NO2. The first-order valence-electron chi connectivity index (χ1n) is 6.57. The molecule has 0 saturated carbocycles. The summed E-state index contributed by atoms with van der Waals surface area (Å²) in [6.07, 6.45) is 6.51. The average molecular weight is 229 g/mol. The van der Waals surface area contributed by atoms with E-state index in [0.717, 1.165) is 25.8 Å². The molecule has 0 atom stereocenters. The number of carbonyl (C=O) groups excluding carboxylic acids is 1. The van der Waals surface area contributed by atoms with Gasteiger partial charge in [-0.15, -0.1) is 0 Å². The van der Waals surface area contributed by atoms with Crippen molar-refractivity contribution in [3.05, 3.63) is 0 Å². The minimum absolute atomic E-state index is 0.264. The quantitative estimate of drug-likeness (QED) is 0.612. The van der Waals surface area contributed by atoms with Gasteiger partial charge in [-0.25, -0.2) is 4.79 Å². The number of rotatable bonds is 9. The molecule has 1 amide bonds. The summed E-state index contributed by atoms with van der Waals surface area (Å²) in [6, 6.07) is 0. The third-order valence-electron chi connectivity index (χ3n) is 2.46. The van der Waals surface area contributed by atoms with Crippen molar-refractivity contribution in [2.75, 3.05) is 13.2 Å². The van der Waals surface area contributed by atoms with E-state index in [1.165, 1.54) is 19.3 Å². The van der Waals surface area contributed by atoms with Gasteiger partial charge in [0.2, 0.25) is 0 Å². The van der Waals surface area contributed by atoms with E-state index >= 15 is 0 Å². The van der Waals surface area contributed by atoms with Crippen LogP contribution in [0.3, 0.4) is 0 Å². The number of nitrogens with one attached hydrogen (secondary N) is 1. The van der Waals surface area contributed by atoms with Gasteiger partial charge in [-0.2, -0.15) is 0 Å². The van der Waals surface area contributed by atoms with Gasteiger partial charge in [0, 0.05) is 6.54 Å². The van der Waals surface area contributed by atoms with E-state index in [-0.39, 0.29) is 6.09 Å². The molecule has 1 N–H and O–H groups in total. The number of hydrogen-bond acceptors (Lipinski definition) is 2. The van der Waals surface area contributed by atoms with Crippen molar-refractivity contribution in [1.82, 2.24) is 5.32 Å². The van der Waals surface area contributed by atoms with Crippen molar-refractivity contribution in [2.45, 2.75) is 59.3 Å². The molecule has 96 valence electrons. The van der Waals surface area contributed by atoms with E-state index in [4.69, 9.17) is 4.74 Å². The predicted molar refractivity (Wildman–Crippen MR) is 67.6 cm³/mol. The van der Waals surface area contributed by atoms with Crippen LogP contribution in [0.2, 0.25) is 0 Å². The van der Waals surface area contributed by atoms with Crippen LogP contribution < -0.4 is 5.32 Å². The fraction of sp³-hybridized carbons (Fsp3) is 0.923. The molecule has 16 heavy (non-hydrogen) atoms. The molecule has 0 aliphatic heterocycles. The molecule has 0 rings (SSSR count). The number of unbranched alkanes of at least 4 members (excludes halogenated alkanes) is 3. The van der Waals surface area contributed by atoms with Gasteiger partial charge in [-0.05, 0) is 25.2 Å². The molecule has 0 aromatic carbocycles. The number of ether oxygens (including phenoxy) is 1. The lowest BCUT2D eigenvalue weighted by Crippen LogP contribution is -2.25. The normalized spacial score (nSPS) is 10.5. The Bertz CT molecular complexity index is 169. The van der Waals surface area contributed by atoms with Crippen LogP contribution in [0.5, 0.6) is 0 Å². The Hall–Kier alpha value is -0.730. The van der Waals surface area contributed by atoms with Crippen molar-refractivity contribution in [3.8, 4) is 0 Å². The minimum atomic E-state index is -0.264. The molecule has 3 heteroatoms. The maximum Gasteiger partial charge on any atom is 0.407 e. The largest absolute Gasteiger partial charge is 0.450 e. The number of alkyl carbamates (subject to hydrolysis) is 1. The molecule has 3 nitrogen and oxygen atoms in total. The predicted octanol–water partition coefficient (Wildman–Crippen LogP) is 3.73. The third-order valence-corrected chi connectivity index (χ3v) is 2.46. The van der Waals surface area contributed by atoms with Crippen LogP contribution in [-0.2, 0) is 4.74 Å². The molecule has 0 aliphatic carbocycles. The molecule has 0 aliphatic rings. The first-order valence-corrected chi connectivity index (χ1v) is 6.57. The van der Waals surface area contributed by atoms with Gasteiger partial charge in [0.15, 0.2) is 0 Å². The van der Waals surface area contributed by atoms with Gasteiger partial charge < -0.3 is 10.1 Å². The molecule has 0 radical (unpaired) electrons. The van der Waals surface area contributed by atoms with Crippen LogP contribution in [0.1, 0.15) is 59.3 Å². The molecule has 0 aromatic heterocycles. The Kier molecular flexibility index (Phi) is 10.3. The highest BCUT2D eigenvalue weighted by molar-refractivity contribution is 5.66. The average Bonchev–Trinajstić information content (AvgIpc) is 2.24. The maximum absolute atomic E-state index is 11.2. The van der Waals surface area contributed by atoms with Gasteiger partial charge in [-0.3, -0.25) is 0 Å². The van der Waals surface area contributed by atoms with Gasteiger partial charge in [0.1, 0.15) is 0 Å². The van der Waals surface area contributed by atoms with Crippen molar-refractivity contribution in [2.24, 2.45) is 5.92 Å². The Morgan fingerprint density at radius 2 is 1.94 bits per heavy atom. The van der Waals surface area contributed by atoms with Crippen LogP contribution in [0, 0.1) is 5.92 Å². The molecule has 0 fully saturated rings. The van der Waals surface area contributed by atoms with Gasteiger partial charge in [-0.1, -0.05) is 40.0 Å². The van der Waals surface area contributed by atoms with E-state index < -0.39 is 0 Å². The zero-order valence-electron chi connectivity index (χ0n) is 11.1. The van der Waals surface area contributed by atoms with E-state index in [1.807, 2.05) is 0 Å². The summed E-state index contributed by atoms with van der Waals surface area (Å²) in [5, 5.41) is 2.77. The zero-order valence-corrected chi connectivity index (χ0v) is 11.1. The standard InChI is InChI=1S/C13H27NO2/c1-4-5-6-7-10-14-13(15)16-11-8-9-12(2)3/h12H,4-11H2,1-3H3,(H,14,15). The topological polar surface area (TPSA) is 38.3 Å². The Balaban J connectivity index is 3.18. The van der Waals surface area contributed by atoms with E-state index in [2.05, 4.69) is 26.1 Å². The van der Waals surface area contributed by atoms with Crippen LogP contribution in [0.4, 0.5) is 4.79 Å². The fourth-order valence-corrected chi connectivity index (χ4v) is 1.45. The molecule has 0 heterocycles. The summed E-state index contributed by atoms with van der Waals surface area (Å²) in [4.78, 5) is 11.2. The van der Waals surface area contributed by atoms with Crippen molar-refractivity contribution < 1.29 is 9.53 Å². The summed E-state index contributed by atoms with van der Waals surface area (Å²) < 4.78 is 5.05. The fourth-order valence-electron chi connectivity index (χ4n) is 1.45. The Morgan fingerprint density at radius 1 is 1.19 bits per heavy atom. The van der Waals surface area contributed by atoms with Crippen LogP contribution in [0.25, 0.3) is 0 Å². The van der Waals surface area contributed by atoms with Gasteiger partial charge >= 0.3 is 6.09 Å². The minimum Gasteiger partial charge on any atom is -0.450 e. The molecule has 0 bridgehead atoms. The van der Waals surface area contributed by atoms with E-state index in [9.17, 15) is 4.79 Å². The van der Waals surface area contributed by atoms with Crippen LogP contribution in [-0.4, -0.2) is 19.2 Å². The van der Waals surface area contributed by atoms with Crippen molar-refractivity contribution >= 4 is 6.09 Å². The second-order valence-electron chi connectivity index (χ2n) is 4.66. The molecular weight excluding hydrogens is 202 g/mol. The highest BCUT2D eigenvalue weighted by Gasteiger charge is 2.01. The first kappa shape index (κ1) is 15.3. The van der Waals surface area contributed by atoms with Crippen molar-refractivity contribution in [1.29, 1.82) is 0 Å². The number of hydrogen-bond donors (Lipinski definition) is 1. The third kappa shape index (κ3) is 11.3.